The first-order valence-corrected chi connectivity index (χ1v) is 7.87. The highest BCUT2D eigenvalue weighted by atomic mass is 32.1. The van der Waals surface area contributed by atoms with Gasteiger partial charge in [0.05, 0.1) is 6.04 Å². The van der Waals surface area contributed by atoms with E-state index in [1.54, 1.807) is 0 Å². The highest BCUT2D eigenvalue weighted by Gasteiger charge is 2.20. The van der Waals surface area contributed by atoms with Crippen LogP contribution in [0.5, 0.6) is 11.5 Å². The SMILES string of the molecule is Cc1nsc(NC(c2ccc3c(c2)OCCO3)C(C)C)n1. The predicted molar refractivity (Wildman–Crippen MR) is 83.3 cm³/mol. The van der Waals surface area contributed by atoms with Crippen molar-refractivity contribution in [1.82, 2.24) is 9.36 Å². The molecule has 0 bridgehead atoms. The summed E-state index contributed by atoms with van der Waals surface area (Å²) in [5.74, 6) is 2.85. The molecule has 1 atom stereocenters. The number of hydrogen-bond acceptors (Lipinski definition) is 6. The molecule has 112 valence electrons. The van der Waals surface area contributed by atoms with Gasteiger partial charge in [-0.25, -0.2) is 4.98 Å². The summed E-state index contributed by atoms with van der Waals surface area (Å²) in [7, 11) is 0. The molecule has 1 N–H and O–H groups in total. The van der Waals surface area contributed by atoms with Crippen LogP contribution in [-0.2, 0) is 0 Å². The number of benzene rings is 1. The van der Waals surface area contributed by atoms with Gasteiger partial charge in [0.2, 0.25) is 5.13 Å². The van der Waals surface area contributed by atoms with E-state index in [1.807, 2.05) is 13.0 Å². The van der Waals surface area contributed by atoms with E-state index in [1.165, 1.54) is 17.1 Å². The van der Waals surface area contributed by atoms with Crippen LogP contribution in [0.3, 0.4) is 0 Å². The zero-order valence-electron chi connectivity index (χ0n) is 12.4. The molecule has 0 saturated carbocycles. The zero-order valence-corrected chi connectivity index (χ0v) is 13.2. The van der Waals surface area contributed by atoms with Crippen molar-refractivity contribution in [3.63, 3.8) is 0 Å². The molecule has 0 radical (unpaired) electrons. The second-order valence-corrected chi connectivity index (χ2v) is 6.17. The normalized spacial score (nSPS) is 15.0. The van der Waals surface area contributed by atoms with Crippen LogP contribution in [0.4, 0.5) is 5.13 Å². The van der Waals surface area contributed by atoms with Crippen molar-refractivity contribution in [1.29, 1.82) is 0 Å². The lowest BCUT2D eigenvalue weighted by atomic mass is 9.96. The Bertz CT molecular complexity index is 627. The van der Waals surface area contributed by atoms with Gasteiger partial charge in [-0.15, -0.1) is 0 Å². The first-order chi connectivity index (χ1) is 10.1. The molecule has 6 heteroatoms. The fourth-order valence-corrected chi connectivity index (χ4v) is 2.99. The fraction of sp³-hybridized carbons (Fsp3) is 0.467. The maximum absolute atomic E-state index is 5.67. The summed E-state index contributed by atoms with van der Waals surface area (Å²) < 4.78 is 15.5. The Morgan fingerprint density at radius 1 is 1.19 bits per heavy atom. The van der Waals surface area contributed by atoms with E-state index < -0.39 is 0 Å². The molecule has 0 aliphatic carbocycles. The van der Waals surface area contributed by atoms with E-state index in [-0.39, 0.29) is 6.04 Å². The van der Waals surface area contributed by atoms with Crippen LogP contribution in [0.15, 0.2) is 18.2 Å². The fourth-order valence-electron chi connectivity index (χ4n) is 2.38. The molecular formula is C15H19N3O2S. The lowest BCUT2D eigenvalue weighted by molar-refractivity contribution is 0.171. The van der Waals surface area contributed by atoms with Crippen LogP contribution in [-0.4, -0.2) is 22.6 Å². The number of nitrogens with one attached hydrogen (secondary N) is 1. The van der Waals surface area contributed by atoms with Crippen molar-refractivity contribution in [2.75, 3.05) is 18.5 Å². The van der Waals surface area contributed by atoms with Gasteiger partial charge in [0.15, 0.2) is 11.5 Å². The van der Waals surface area contributed by atoms with Crippen molar-refractivity contribution in [2.24, 2.45) is 5.92 Å². The standard InChI is InChI=1S/C15H19N3O2S/c1-9(2)14(17-15-16-10(3)18-21-15)11-4-5-12-13(8-11)20-7-6-19-12/h4-5,8-9,14H,6-7H2,1-3H3,(H,16,17,18). The molecule has 2 heterocycles. The summed E-state index contributed by atoms with van der Waals surface area (Å²) in [5, 5.41) is 4.32. The number of ether oxygens (including phenoxy) is 2. The summed E-state index contributed by atoms with van der Waals surface area (Å²) in [5.41, 5.74) is 1.17. The summed E-state index contributed by atoms with van der Waals surface area (Å²) in [6, 6.07) is 6.28. The molecule has 1 aromatic carbocycles. The molecule has 1 aromatic heterocycles. The molecule has 1 aliphatic rings. The van der Waals surface area contributed by atoms with Crippen LogP contribution in [0.25, 0.3) is 0 Å². The average Bonchev–Trinajstić information content (AvgIpc) is 2.89. The Labute approximate surface area is 128 Å². The Morgan fingerprint density at radius 3 is 2.62 bits per heavy atom. The highest BCUT2D eigenvalue weighted by Crippen LogP contribution is 2.35. The van der Waals surface area contributed by atoms with E-state index in [0.29, 0.717) is 19.1 Å². The summed E-state index contributed by atoms with van der Waals surface area (Å²) in [6.45, 7) is 7.48. The third-order valence-corrected chi connectivity index (χ3v) is 4.14. The average molecular weight is 305 g/mol. The minimum atomic E-state index is 0.160. The van der Waals surface area contributed by atoms with E-state index in [9.17, 15) is 0 Å². The second-order valence-electron chi connectivity index (χ2n) is 5.42. The number of fused-ring (bicyclic) bond motifs is 1. The molecule has 0 amide bonds. The minimum Gasteiger partial charge on any atom is -0.486 e. The van der Waals surface area contributed by atoms with Crippen LogP contribution >= 0.6 is 11.5 Å². The summed E-state index contributed by atoms with van der Waals surface area (Å²) in [6.07, 6.45) is 0. The van der Waals surface area contributed by atoms with Gasteiger partial charge in [-0.05, 0) is 30.5 Å². The maximum atomic E-state index is 5.67. The van der Waals surface area contributed by atoms with E-state index >= 15 is 0 Å². The van der Waals surface area contributed by atoms with Gasteiger partial charge < -0.3 is 14.8 Å². The monoisotopic (exact) mass is 305 g/mol. The maximum Gasteiger partial charge on any atom is 0.203 e. The second kappa shape index (κ2) is 5.89. The Morgan fingerprint density at radius 2 is 1.95 bits per heavy atom. The largest absolute Gasteiger partial charge is 0.486 e. The van der Waals surface area contributed by atoms with Gasteiger partial charge in [0.25, 0.3) is 0 Å². The summed E-state index contributed by atoms with van der Waals surface area (Å²) >= 11 is 1.39. The van der Waals surface area contributed by atoms with Crippen LogP contribution in [0.1, 0.15) is 31.3 Å². The first-order valence-electron chi connectivity index (χ1n) is 7.10. The van der Waals surface area contributed by atoms with E-state index in [4.69, 9.17) is 9.47 Å². The van der Waals surface area contributed by atoms with Gasteiger partial charge in [-0.2, -0.15) is 4.37 Å². The molecule has 0 fully saturated rings. The van der Waals surface area contributed by atoms with Crippen LogP contribution in [0, 0.1) is 12.8 Å². The van der Waals surface area contributed by atoms with Gasteiger partial charge in [0, 0.05) is 11.5 Å². The number of hydrogen-bond donors (Lipinski definition) is 1. The van der Waals surface area contributed by atoms with Crippen molar-refractivity contribution in [3.05, 3.63) is 29.6 Å². The van der Waals surface area contributed by atoms with Crippen LogP contribution in [0.2, 0.25) is 0 Å². The number of aromatic nitrogens is 2. The molecule has 1 aliphatic heterocycles. The van der Waals surface area contributed by atoms with Crippen molar-refractivity contribution >= 4 is 16.7 Å². The Balaban J connectivity index is 1.86. The van der Waals surface area contributed by atoms with Gasteiger partial charge in [-0.1, -0.05) is 19.9 Å². The molecule has 5 nitrogen and oxygen atoms in total. The quantitative estimate of drug-likeness (QED) is 0.938. The lowest BCUT2D eigenvalue weighted by Gasteiger charge is -2.25. The molecular weight excluding hydrogens is 286 g/mol. The molecule has 0 saturated heterocycles. The van der Waals surface area contributed by atoms with Crippen molar-refractivity contribution in [3.8, 4) is 11.5 Å². The zero-order chi connectivity index (χ0) is 14.8. The number of rotatable bonds is 4. The Kier molecular flexibility index (Phi) is 3.96. The molecule has 21 heavy (non-hydrogen) atoms. The Hall–Kier alpha value is -1.82. The number of nitrogens with zero attached hydrogens (tertiary/aromatic N) is 2. The smallest absolute Gasteiger partial charge is 0.203 e. The van der Waals surface area contributed by atoms with Crippen molar-refractivity contribution < 1.29 is 9.47 Å². The molecule has 2 aromatic rings. The molecule has 0 spiro atoms. The molecule has 3 rings (SSSR count). The third kappa shape index (κ3) is 3.10. The minimum absolute atomic E-state index is 0.160. The van der Waals surface area contributed by atoms with Gasteiger partial charge in [0.1, 0.15) is 19.0 Å². The van der Waals surface area contributed by atoms with E-state index in [2.05, 4.69) is 40.7 Å². The van der Waals surface area contributed by atoms with Gasteiger partial charge >= 0.3 is 0 Å². The van der Waals surface area contributed by atoms with Crippen molar-refractivity contribution in [2.45, 2.75) is 26.8 Å². The third-order valence-electron chi connectivity index (χ3n) is 3.40. The number of anilines is 1. The topological polar surface area (TPSA) is 56.3 Å². The van der Waals surface area contributed by atoms with Gasteiger partial charge in [-0.3, -0.25) is 0 Å². The highest BCUT2D eigenvalue weighted by molar-refractivity contribution is 7.09. The summed E-state index contributed by atoms with van der Waals surface area (Å²) in [4.78, 5) is 4.39. The van der Waals surface area contributed by atoms with E-state index in [0.717, 1.165) is 22.5 Å². The van der Waals surface area contributed by atoms with Crippen LogP contribution < -0.4 is 14.8 Å². The molecule has 1 unspecified atom stereocenters. The lowest BCUT2D eigenvalue weighted by Crippen LogP contribution is -2.19. The number of aryl methyl sites for hydroxylation is 1. The predicted octanol–water partition coefficient (Wildman–Crippen LogP) is 3.43. The first kappa shape index (κ1) is 14.1.